The third-order valence-electron chi connectivity index (χ3n) is 4.11. The van der Waals surface area contributed by atoms with Crippen molar-refractivity contribution in [1.29, 1.82) is 0 Å². The smallest absolute Gasteiger partial charge is 0.257 e. The van der Waals surface area contributed by atoms with Gasteiger partial charge in [0, 0.05) is 17.0 Å². The van der Waals surface area contributed by atoms with Crippen LogP contribution in [0.1, 0.15) is 16.1 Å². The first-order valence-corrected chi connectivity index (χ1v) is 9.82. The van der Waals surface area contributed by atoms with Crippen LogP contribution in [0.15, 0.2) is 47.8 Å². The monoisotopic (exact) mass is 427 g/mol. The highest BCUT2D eigenvalue weighted by molar-refractivity contribution is 7.14. The van der Waals surface area contributed by atoms with E-state index in [0.29, 0.717) is 39.3 Å². The zero-order valence-electron chi connectivity index (χ0n) is 16.7. The Morgan fingerprint density at radius 2 is 1.67 bits per heavy atom. The molecule has 2 amide bonds. The Kier molecular flexibility index (Phi) is 6.87. The number of hydrogen-bond donors (Lipinski definition) is 2. The van der Waals surface area contributed by atoms with Gasteiger partial charge in [-0.2, -0.15) is 0 Å². The van der Waals surface area contributed by atoms with Gasteiger partial charge in [-0.05, 0) is 24.3 Å². The molecule has 30 heavy (non-hydrogen) atoms. The molecule has 0 aliphatic heterocycles. The number of nitrogens with one attached hydrogen (secondary N) is 2. The molecule has 0 unspecified atom stereocenters. The van der Waals surface area contributed by atoms with Crippen LogP contribution in [0.25, 0.3) is 0 Å². The quantitative estimate of drug-likeness (QED) is 0.570. The van der Waals surface area contributed by atoms with Gasteiger partial charge in [0.05, 0.1) is 39.1 Å². The maximum Gasteiger partial charge on any atom is 0.257 e. The zero-order chi connectivity index (χ0) is 21.5. The molecular formula is C21H21N3O5S. The number of amides is 2. The molecule has 0 spiro atoms. The van der Waals surface area contributed by atoms with Gasteiger partial charge in [-0.1, -0.05) is 12.1 Å². The lowest BCUT2D eigenvalue weighted by Gasteiger charge is -2.09. The molecule has 8 nitrogen and oxygen atoms in total. The first kappa shape index (κ1) is 21.1. The Morgan fingerprint density at radius 3 is 2.33 bits per heavy atom. The third-order valence-corrected chi connectivity index (χ3v) is 4.92. The van der Waals surface area contributed by atoms with Crippen LogP contribution in [0.5, 0.6) is 17.2 Å². The van der Waals surface area contributed by atoms with Crippen LogP contribution in [0.3, 0.4) is 0 Å². The van der Waals surface area contributed by atoms with E-state index in [0.717, 1.165) is 0 Å². The molecule has 0 radical (unpaired) electrons. The van der Waals surface area contributed by atoms with Crippen LogP contribution >= 0.6 is 11.3 Å². The molecule has 0 atom stereocenters. The summed E-state index contributed by atoms with van der Waals surface area (Å²) in [5.74, 6) is 0.997. The second kappa shape index (κ2) is 9.75. The highest BCUT2D eigenvalue weighted by Crippen LogP contribution is 2.25. The van der Waals surface area contributed by atoms with Crippen LogP contribution < -0.4 is 24.8 Å². The SMILES string of the molecule is COc1cc(OC)cc(C(=O)Nc2nc(CC(=O)Nc3ccccc3OC)cs2)c1. The molecule has 9 heteroatoms. The highest BCUT2D eigenvalue weighted by atomic mass is 32.1. The van der Waals surface area contributed by atoms with Gasteiger partial charge < -0.3 is 19.5 Å². The van der Waals surface area contributed by atoms with E-state index in [1.54, 1.807) is 35.7 Å². The fourth-order valence-corrected chi connectivity index (χ4v) is 3.37. The van der Waals surface area contributed by atoms with E-state index >= 15 is 0 Å². The van der Waals surface area contributed by atoms with Gasteiger partial charge in [0.25, 0.3) is 5.91 Å². The number of aromatic nitrogens is 1. The molecule has 0 bridgehead atoms. The molecule has 0 aliphatic carbocycles. The number of methoxy groups -OCH3 is 3. The molecular weight excluding hydrogens is 406 g/mol. The van der Waals surface area contributed by atoms with Crippen molar-refractivity contribution in [3.63, 3.8) is 0 Å². The molecule has 2 aromatic carbocycles. The van der Waals surface area contributed by atoms with Crippen molar-refractivity contribution in [3.8, 4) is 17.2 Å². The summed E-state index contributed by atoms with van der Waals surface area (Å²) in [5, 5.41) is 7.64. The maximum atomic E-state index is 12.5. The van der Waals surface area contributed by atoms with E-state index in [1.165, 1.54) is 32.7 Å². The van der Waals surface area contributed by atoms with Gasteiger partial charge >= 0.3 is 0 Å². The normalized spacial score (nSPS) is 10.2. The Balaban J connectivity index is 1.63. The number of anilines is 2. The fourth-order valence-electron chi connectivity index (χ4n) is 2.66. The lowest BCUT2D eigenvalue weighted by molar-refractivity contribution is -0.115. The summed E-state index contributed by atoms with van der Waals surface area (Å²) in [6, 6.07) is 12.0. The second-order valence-corrected chi connectivity index (χ2v) is 6.98. The van der Waals surface area contributed by atoms with Crippen LogP contribution in [-0.2, 0) is 11.2 Å². The summed E-state index contributed by atoms with van der Waals surface area (Å²) in [4.78, 5) is 29.2. The third kappa shape index (κ3) is 5.26. The molecule has 3 aromatic rings. The molecule has 0 saturated carbocycles. The van der Waals surface area contributed by atoms with Gasteiger partial charge in [-0.3, -0.25) is 14.9 Å². The first-order chi connectivity index (χ1) is 14.5. The van der Waals surface area contributed by atoms with Crippen LogP contribution in [-0.4, -0.2) is 38.1 Å². The number of carbonyl (C=O) groups excluding carboxylic acids is 2. The number of para-hydroxylation sites is 2. The van der Waals surface area contributed by atoms with Crippen molar-refractivity contribution in [2.24, 2.45) is 0 Å². The van der Waals surface area contributed by atoms with Crippen molar-refractivity contribution < 1.29 is 23.8 Å². The van der Waals surface area contributed by atoms with E-state index in [9.17, 15) is 9.59 Å². The van der Waals surface area contributed by atoms with Crippen LogP contribution in [0.4, 0.5) is 10.8 Å². The standard InChI is InChI=1S/C21H21N3O5S/c1-27-15-8-13(9-16(11-15)28-2)20(26)24-21-22-14(12-30-21)10-19(25)23-17-6-4-5-7-18(17)29-3/h4-9,11-12H,10H2,1-3H3,(H,23,25)(H,22,24,26). The molecule has 156 valence electrons. The number of benzene rings is 2. The van der Waals surface area contributed by atoms with Gasteiger partial charge in [0.2, 0.25) is 5.91 Å². The van der Waals surface area contributed by atoms with Crippen LogP contribution in [0.2, 0.25) is 0 Å². The second-order valence-electron chi connectivity index (χ2n) is 6.12. The van der Waals surface area contributed by atoms with E-state index < -0.39 is 0 Å². The van der Waals surface area contributed by atoms with E-state index in [1.807, 2.05) is 12.1 Å². The van der Waals surface area contributed by atoms with Gasteiger partial charge in [0.1, 0.15) is 17.2 Å². The lowest BCUT2D eigenvalue weighted by Crippen LogP contribution is -2.15. The summed E-state index contributed by atoms with van der Waals surface area (Å²) in [7, 11) is 4.57. The predicted octanol–water partition coefficient (Wildman–Crippen LogP) is 3.60. The Morgan fingerprint density at radius 1 is 0.967 bits per heavy atom. The highest BCUT2D eigenvalue weighted by Gasteiger charge is 2.14. The van der Waals surface area contributed by atoms with Crippen molar-refractivity contribution >= 4 is 34.0 Å². The average Bonchev–Trinajstić information content (AvgIpc) is 3.19. The maximum absolute atomic E-state index is 12.5. The van der Waals surface area contributed by atoms with Crippen LogP contribution in [0, 0.1) is 0 Å². The minimum absolute atomic E-state index is 0.0669. The van der Waals surface area contributed by atoms with Gasteiger partial charge in [-0.15, -0.1) is 11.3 Å². The minimum Gasteiger partial charge on any atom is -0.497 e. The largest absolute Gasteiger partial charge is 0.497 e. The summed E-state index contributed by atoms with van der Waals surface area (Å²) >= 11 is 1.24. The van der Waals surface area contributed by atoms with Crippen molar-refractivity contribution in [2.45, 2.75) is 6.42 Å². The molecule has 0 saturated heterocycles. The van der Waals surface area contributed by atoms with Gasteiger partial charge in [0.15, 0.2) is 5.13 Å². The fraction of sp³-hybridized carbons (Fsp3) is 0.190. The predicted molar refractivity (Wildman–Crippen MR) is 115 cm³/mol. The lowest BCUT2D eigenvalue weighted by atomic mass is 10.2. The topological polar surface area (TPSA) is 98.8 Å². The number of carbonyl (C=O) groups is 2. The van der Waals surface area contributed by atoms with Gasteiger partial charge in [-0.25, -0.2) is 4.98 Å². The molecule has 0 fully saturated rings. The Hall–Kier alpha value is -3.59. The number of hydrogen-bond acceptors (Lipinski definition) is 7. The average molecular weight is 427 g/mol. The first-order valence-electron chi connectivity index (χ1n) is 8.94. The number of thiazole rings is 1. The summed E-state index contributed by atoms with van der Waals surface area (Å²) in [5.41, 5.74) is 1.50. The van der Waals surface area contributed by atoms with E-state index in [2.05, 4.69) is 15.6 Å². The Bertz CT molecular complexity index is 1030. The molecule has 3 rings (SSSR count). The van der Waals surface area contributed by atoms with Crippen molar-refractivity contribution in [3.05, 3.63) is 59.1 Å². The minimum atomic E-state index is -0.355. The summed E-state index contributed by atoms with van der Waals surface area (Å²) in [6.45, 7) is 0. The number of rotatable bonds is 8. The molecule has 0 aliphatic rings. The Labute approximate surface area is 177 Å². The van der Waals surface area contributed by atoms with Crippen molar-refractivity contribution in [2.75, 3.05) is 32.0 Å². The number of nitrogens with zero attached hydrogens (tertiary/aromatic N) is 1. The van der Waals surface area contributed by atoms with E-state index in [-0.39, 0.29) is 18.2 Å². The molecule has 1 aromatic heterocycles. The molecule has 2 N–H and O–H groups in total. The van der Waals surface area contributed by atoms with Crippen molar-refractivity contribution in [1.82, 2.24) is 4.98 Å². The zero-order valence-corrected chi connectivity index (χ0v) is 17.5. The summed E-state index contributed by atoms with van der Waals surface area (Å²) < 4.78 is 15.6. The molecule has 1 heterocycles. The summed E-state index contributed by atoms with van der Waals surface area (Å²) in [6.07, 6.45) is 0.0669. The van der Waals surface area contributed by atoms with E-state index in [4.69, 9.17) is 14.2 Å². The number of ether oxygens (including phenoxy) is 3.